The standard InChI is InChI=1S/C15H14ClN3O6S/c1-18(25-2)26(23,24)12-6-4-11(5-7-12)17-15(20)10-3-8-13(16)14(9-10)19(21)22/h3-9H,1-2H3,(H,17,20). The van der Waals surface area contributed by atoms with Crippen LogP contribution in [-0.2, 0) is 14.9 Å². The van der Waals surface area contributed by atoms with Crippen LogP contribution < -0.4 is 5.32 Å². The number of halogens is 1. The molecule has 0 heterocycles. The highest BCUT2D eigenvalue weighted by Crippen LogP contribution is 2.25. The second-order valence-corrected chi connectivity index (χ2v) is 7.34. The summed E-state index contributed by atoms with van der Waals surface area (Å²) in [6.45, 7) is 0. The van der Waals surface area contributed by atoms with E-state index in [1.807, 2.05) is 0 Å². The predicted octanol–water partition coefficient (Wildman–Crippen LogP) is 2.68. The number of hydrogen-bond donors (Lipinski definition) is 1. The zero-order chi connectivity index (χ0) is 19.5. The first-order chi connectivity index (χ1) is 12.2. The molecule has 0 saturated heterocycles. The third-order valence-corrected chi connectivity index (χ3v) is 5.42. The summed E-state index contributed by atoms with van der Waals surface area (Å²) in [4.78, 5) is 27.1. The highest BCUT2D eigenvalue weighted by molar-refractivity contribution is 7.89. The molecule has 0 radical (unpaired) electrons. The number of amides is 1. The number of carbonyl (C=O) groups is 1. The average Bonchev–Trinajstić information content (AvgIpc) is 2.61. The van der Waals surface area contributed by atoms with Crippen LogP contribution in [0.2, 0.25) is 5.02 Å². The number of sulfonamides is 1. The van der Waals surface area contributed by atoms with Gasteiger partial charge >= 0.3 is 0 Å². The quantitative estimate of drug-likeness (QED) is 0.589. The maximum Gasteiger partial charge on any atom is 0.288 e. The number of hydrogen-bond acceptors (Lipinski definition) is 6. The molecule has 0 spiro atoms. The van der Waals surface area contributed by atoms with E-state index in [-0.39, 0.29) is 21.2 Å². The molecule has 2 aromatic carbocycles. The van der Waals surface area contributed by atoms with Crippen LogP contribution in [0, 0.1) is 10.1 Å². The van der Waals surface area contributed by atoms with E-state index in [0.29, 0.717) is 10.2 Å². The average molecular weight is 400 g/mol. The molecule has 1 N–H and O–H groups in total. The fourth-order valence-corrected chi connectivity index (χ4v) is 3.11. The largest absolute Gasteiger partial charge is 0.322 e. The number of nitro groups is 1. The van der Waals surface area contributed by atoms with Crippen molar-refractivity contribution in [3.05, 3.63) is 63.2 Å². The Hall–Kier alpha value is -2.53. The molecule has 138 valence electrons. The van der Waals surface area contributed by atoms with Crippen molar-refractivity contribution < 1.29 is 23.0 Å². The van der Waals surface area contributed by atoms with Gasteiger partial charge in [-0.2, -0.15) is 0 Å². The van der Waals surface area contributed by atoms with Gasteiger partial charge in [-0.3, -0.25) is 19.7 Å². The van der Waals surface area contributed by atoms with Crippen molar-refractivity contribution in [1.29, 1.82) is 0 Å². The fourth-order valence-electron chi connectivity index (χ4n) is 1.95. The molecule has 2 aromatic rings. The van der Waals surface area contributed by atoms with Gasteiger partial charge in [0.25, 0.3) is 21.6 Å². The van der Waals surface area contributed by atoms with Gasteiger partial charge in [0.2, 0.25) is 0 Å². The summed E-state index contributed by atoms with van der Waals surface area (Å²) in [5, 5.41) is 13.3. The number of rotatable bonds is 6. The second kappa shape index (κ2) is 7.79. The Morgan fingerprint density at radius 3 is 2.38 bits per heavy atom. The van der Waals surface area contributed by atoms with Crippen LogP contribution in [0.5, 0.6) is 0 Å². The normalized spacial score (nSPS) is 11.4. The third kappa shape index (κ3) is 4.17. The minimum Gasteiger partial charge on any atom is -0.322 e. The van der Waals surface area contributed by atoms with Gasteiger partial charge in [-0.05, 0) is 36.4 Å². The minimum absolute atomic E-state index is 0.0259. The van der Waals surface area contributed by atoms with Crippen LogP contribution in [-0.4, -0.2) is 37.9 Å². The lowest BCUT2D eigenvalue weighted by atomic mass is 10.2. The number of carbonyl (C=O) groups excluding carboxylic acids is 1. The van der Waals surface area contributed by atoms with E-state index in [1.54, 1.807) is 0 Å². The maximum absolute atomic E-state index is 12.2. The molecule has 0 fully saturated rings. The van der Waals surface area contributed by atoms with E-state index in [4.69, 9.17) is 11.6 Å². The highest BCUT2D eigenvalue weighted by Gasteiger charge is 2.21. The van der Waals surface area contributed by atoms with Gasteiger partial charge in [0, 0.05) is 24.4 Å². The maximum atomic E-state index is 12.2. The zero-order valence-electron chi connectivity index (χ0n) is 13.7. The number of nitrogens with one attached hydrogen (secondary N) is 1. The summed E-state index contributed by atoms with van der Waals surface area (Å²) in [5.74, 6) is -0.602. The van der Waals surface area contributed by atoms with Crippen LogP contribution in [0.25, 0.3) is 0 Å². The summed E-state index contributed by atoms with van der Waals surface area (Å²) >= 11 is 5.71. The lowest BCUT2D eigenvalue weighted by Crippen LogP contribution is -2.25. The van der Waals surface area contributed by atoms with E-state index in [2.05, 4.69) is 10.2 Å². The number of nitro benzene ring substituents is 1. The molecule has 0 atom stereocenters. The summed E-state index contributed by atoms with van der Waals surface area (Å²) in [6.07, 6.45) is 0. The fraction of sp³-hybridized carbons (Fsp3) is 0.133. The smallest absolute Gasteiger partial charge is 0.288 e. The number of nitrogens with zero attached hydrogens (tertiary/aromatic N) is 2. The molecule has 11 heteroatoms. The lowest BCUT2D eigenvalue weighted by Gasteiger charge is -2.14. The molecule has 0 unspecified atom stereocenters. The molecule has 0 aliphatic heterocycles. The molecule has 2 rings (SSSR count). The van der Waals surface area contributed by atoms with E-state index < -0.39 is 20.9 Å². The molecule has 0 bridgehead atoms. The molecule has 26 heavy (non-hydrogen) atoms. The minimum atomic E-state index is -3.80. The van der Waals surface area contributed by atoms with Crippen LogP contribution in [0.1, 0.15) is 10.4 Å². The van der Waals surface area contributed by atoms with Crippen molar-refractivity contribution in [2.45, 2.75) is 4.90 Å². The Morgan fingerprint density at radius 2 is 1.85 bits per heavy atom. The van der Waals surface area contributed by atoms with Crippen molar-refractivity contribution in [2.24, 2.45) is 0 Å². The lowest BCUT2D eigenvalue weighted by molar-refractivity contribution is -0.384. The van der Waals surface area contributed by atoms with Gasteiger partial charge in [0.15, 0.2) is 0 Å². The van der Waals surface area contributed by atoms with Gasteiger partial charge in [-0.15, -0.1) is 0 Å². The Bertz CT molecular complexity index is 946. The van der Waals surface area contributed by atoms with Crippen LogP contribution in [0.4, 0.5) is 11.4 Å². The topological polar surface area (TPSA) is 119 Å². The highest BCUT2D eigenvalue weighted by atomic mass is 35.5. The van der Waals surface area contributed by atoms with E-state index in [0.717, 1.165) is 6.07 Å². The van der Waals surface area contributed by atoms with Crippen molar-refractivity contribution in [3.63, 3.8) is 0 Å². The first kappa shape index (κ1) is 19.8. The molecule has 0 aliphatic carbocycles. The zero-order valence-corrected chi connectivity index (χ0v) is 15.2. The van der Waals surface area contributed by atoms with Crippen molar-refractivity contribution >= 4 is 38.9 Å². The van der Waals surface area contributed by atoms with Crippen LogP contribution >= 0.6 is 11.6 Å². The molecule has 0 saturated carbocycles. The molecular formula is C15H14ClN3O6S. The molecule has 0 aliphatic rings. The second-order valence-electron chi connectivity index (χ2n) is 5.00. The Morgan fingerprint density at radius 1 is 1.23 bits per heavy atom. The molecular weight excluding hydrogens is 386 g/mol. The Labute approximate surface area is 154 Å². The van der Waals surface area contributed by atoms with Gasteiger partial charge in [-0.1, -0.05) is 16.1 Å². The molecule has 1 amide bonds. The van der Waals surface area contributed by atoms with Crippen molar-refractivity contribution in [2.75, 3.05) is 19.5 Å². The molecule has 9 nitrogen and oxygen atoms in total. The SMILES string of the molecule is CON(C)S(=O)(=O)c1ccc(NC(=O)c2ccc(Cl)c([N+](=O)[O-])c2)cc1. The van der Waals surface area contributed by atoms with Crippen molar-refractivity contribution in [3.8, 4) is 0 Å². The summed E-state index contributed by atoms with van der Waals surface area (Å²) < 4.78 is 24.9. The van der Waals surface area contributed by atoms with Crippen LogP contribution in [0.3, 0.4) is 0 Å². The van der Waals surface area contributed by atoms with E-state index in [9.17, 15) is 23.3 Å². The Kier molecular flexibility index (Phi) is 5.93. The van der Waals surface area contributed by atoms with Gasteiger partial charge in [0.1, 0.15) is 5.02 Å². The Balaban J connectivity index is 2.21. The predicted molar refractivity (Wildman–Crippen MR) is 94.5 cm³/mol. The third-order valence-electron chi connectivity index (χ3n) is 3.41. The summed E-state index contributed by atoms with van der Waals surface area (Å²) in [6, 6.07) is 9.03. The van der Waals surface area contributed by atoms with Gasteiger partial charge in [0.05, 0.1) is 16.9 Å². The van der Waals surface area contributed by atoms with Crippen molar-refractivity contribution in [1.82, 2.24) is 4.47 Å². The first-order valence-electron chi connectivity index (χ1n) is 7.05. The summed E-state index contributed by atoms with van der Waals surface area (Å²) in [5.41, 5.74) is -0.0353. The number of hydroxylamine groups is 1. The van der Waals surface area contributed by atoms with E-state index in [1.165, 1.54) is 50.6 Å². The van der Waals surface area contributed by atoms with Crippen LogP contribution in [0.15, 0.2) is 47.4 Å². The first-order valence-corrected chi connectivity index (χ1v) is 8.87. The monoisotopic (exact) mass is 399 g/mol. The number of benzene rings is 2. The summed E-state index contributed by atoms with van der Waals surface area (Å²) in [7, 11) is -1.33. The van der Waals surface area contributed by atoms with E-state index >= 15 is 0 Å². The number of anilines is 1. The van der Waals surface area contributed by atoms with Gasteiger partial charge < -0.3 is 5.32 Å². The van der Waals surface area contributed by atoms with Gasteiger partial charge in [-0.25, -0.2) is 8.42 Å². The molecule has 0 aromatic heterocycles.